The van der Waals surface area contributed by atoms with Crippen LogP contribution in [-0.4, -0.2) is 46.2 Å². The number of hydrogen-bond acceptors (Lipinski definition) is 6. The van der Waals surface area contributed by atoms with Crippen molar-refractivity contribution in [2.45, 2.75) is 46.5 Å². The molecular formula is C28H31N5O3. The summed E-state index contributed by atoms with van der Waals surface area (Å²) in [6.07, 6.45) is 3.06. The first-order valence-corrected chi connectivity index (χ1v) is 12.5. The van der Waals surface area contributed by atoms with Crippen LogP contribution >= 0.6 is 0 Å². The third kappa shape index (κ3) is 4.76. The van der Waals surface area contributed by atoms with Gasteiger partial charge in [0.15, 0.2) is 12.3 Å². The summed E-state index contributed by atoms with van der Waals surface area (Å²) in [7, 11) is 0. The average Bonchev–Trinajstić information content (AvgIpc) is 3.53. The standard InChI is InChI=1S/C28H31N5O3/c1-18-16-21(32-14-6-7-15-32)10-12-24(18)30-26(34)17-36-27(35)13-11-22-19(2)29-28-23-8-4-5-9-25(23)31-33(28)20(22)3/h4-5,8-10,12,16H,6-7,11,13-15,17H2,1-3H3,(H,30,34). The van der Waals surface area contributed by atoms with Crippen molar-refractivity contribution in [2.75, 3.05) is 29.9 Å². The minimum absolute atomic E-state index is 0.159. The molecule has 36 heavy (non-hydrogen) atoms. The molecule has 0 unspecified atom stereocenters. The Morgan fingerprint density at radius 1 is 1.06 bits per heavy atom. The van der Waals surface area contributed by atoms with Crippen LogP contribution in [0.15, 0.2) is 42.5 Å². The highest BCUT2D eigenvalue weighted by atomic mass is 16.5. The van der Waals surface area contributed by atoms with Crippen molar-refractivity contribution in [2.24, 2.45) is 0 Å². The van der Waals surface area contributed by atoms with Gasteiger partial charge in [0.25, 0.3) is 5.91 Å². The topological polar surface area (TPSA) is 88.8 Å². The van der Waals surface area contributed by atoms with Gasteiger partial charge in [-0.25, -0.2) is 9.50 Å². The highest BCUT2D eigenvalue weighted by molar-refractivity contribution is 5.94. The highest BCUT2D eigenvalue weighted by Crippen LogP contribution is 2.26. The van der Waals surface area contributed by atoms with E-state index in [1.165, 1.54) is 18.5 Å². The van der Waals surface area contributed by atoms with E-state index >= 15 is 0 Å². The minimum atomic E-state index is -0.421. The number of ether oxygens (including phenoxy) is 1. The number of aromatic nitrogens is 3. The molecule has 8 heteroatoms. The number of rotatable bonds is 7. The van der Waals surface area contributed by atoms with Crippen LogP contribution in [0.3, 0.4) is 0 Å². The fourth-order valence-corrected chi connectivity index (χ4v) is 4.93. The number of carbonyl (C=O) groups excluding carboxylic acids is 2. The monoisotopic (exact) mass is 485 g/mol. The molecule has 0 bridgehead atoms. The molecule has 1 saturated heterocycles. The summed E-state index contributed by atoms with van der Waals surface area (Å²) in [5.74, 6) is -0.769. The van der Waals surface area contributed by atoms with Crippen LogP contribution in [0.1, 0.15) is 41.8 Å². The van der Waals surface area contributed by atoms with Crippen molar-refractivity contribution < 1.29 is 14.3 Å². The zero-order valence-electron chi connectivity index (χ0n) is 21.0. The van der Waals surface area contributed by atoms with Crippen LogP contribution in [0.2, 0.25) is 0 Å². The molecule has 5 rings (SSSR count). The lowest BCUT2D eigenvalue weighted by atomic mass is 10.1. The van der Waals surface area contributed by atoms with Crippen LogP contribution in [0.25, 0.3) is 16.6 Å². The number of aryl methyl sites for hydroxylation is 3. The Hall–Kier alpha value is -3.94. The SMILES string of the molecule is Cc1cc(N2CCCC2)ccc1NC(=O)COC(=O)CCc1c(C)nc2c3ccccc3nn2c1C. The maximum Gasteiger partial charge on any atom is 0.306 e. The Morgan fingerprint density at radius 2 is 1.83 bits per heavy atom. The molecule has 8 nitrogen and oxygen atoms in total. The van der Waals surface area contributed by atoms with Gasteiger partial charge in [0, 0.05) is 47.7 Å². The Balaban J connectivity index is 1.17. The number of amides is 1. The van der Waals surface area contributed by atoms with Crippen LogP contribution in [0.4, 0.5) is 11.4 Å². The molecule has 0 radical (unpaired) electrons. The number of carbonyl (C=O) groups is 2. The van der Waals surface area contributed by atoms with Crippen LogP contribution in [0, 0.1) is 20.8 Å². The Bertz CT molecular complexity index is 1450. The molecular weight excluding hydrogens is 454 g/mol. The van der Waals surface area contributed by atoms with E-state index in [9.17, 15) is 9.59 Å². The maximum atomic E-state index is 12.4. The lowest BCUT2D eigenvalue weighted by Gasteiger charge is -2.19. The fourth-order valence-electron chi connectivity index (χ4n) is 4.93. The molecule has 0 spiro atoms. The molecule has 1 fully saturated rings. The highest BCUT2D eigenvalue weighted by Gasteiger charge is 2.17. The quantitative estimate of drug-likeness (QED) is 0.387. The van der Waals surface area contributed by atoms with E-state index in [1.807, 2.05) is 61.7 Å². The molecule has 4 aromatic rings. The number of fused-ring (bicyclic) bond motifs is 3. The Labute approximate surface area is 210 Å². The van der Waals surface area contributed by atoms with E-state index in [4.69, 9.17) is 9.72 Å². The van der Waals surface area contributed by atoms with Gasteiger partial charge < -0.3 is 15.0 Å². The molecule has 3 heterocycles. The van der Waals surface area contributed by atoms with Crippen LogP contribution in [-0.2, 0) is 20.7 Å². The number of esters is 1. The molecule has 2 aromatic heterocycles. The number of benzene rings is 2. The van der Waals surface area contributed by atoms with Crippen molar-refractivity contribution in [1.82, 2.24) is 14.6 Å². The normalized spacial score (nSPS) is 13.5. The number of nitrogens with one attached hydrogen (secondary N) is 1. The van der Waals surface area contributed by atoms with Crippen molar-refractivity contribution in [1.29, 1.82) is 0 Å². The van der Waals surface area contributed by atoms with Gasteiger partial charge in [0.1, 0.15) is 0 Å². The second-order valence-corrected chi connectivity index (χ2v) is 9.42. The van der Waals surface area contributed by atoms with Gasteiger partial charge in [-0.1, -0.05) is 12.1 Å². The number of anilines is 2. The van der Waals surface area contributed by atoms with Crippen molar-refractivity contribution in [3.8, 4) is 0 Å². The van der Waals surface area contributed by atoms with E-state index in [1.54, 1.807) is 0 Å². The first kappa shape index (κ1) is 23.8. The maximum absolute atomic E-state index is 12.4. The molecule has 0 aliphatic carbocycles. The van der Waals surface area contributed by atoms with Gasteiger partial charge in [0.2, 0.25) is 0 Å². The van der Waals surface area contributed by atoms with E-state index in [2.05, 4.69) is 21.4 Å². The summed E-state index contributed by atoms with van der Waals surface area (Å²) in [5, 5.41) is 8.51. The molecule has 1 aliphatic rings. The molecule has 0 saturated carbocycles. The molecule has 1 N–H and O–H groups in total. The summed E-state index contributed by atoms with van der Waals surface area (Å²) < 4.78 is 7.09. The fraction of sp³-hybridized carbons (Fsp3) is 0.357. The van der Waals surface area contributed by atoms with Crippen LogP contribution < -0.4 is 10.2 Å². The largest absolute Gasteiger partial charge is 0.456 e. The summed E-state index contributed by atoms with van der Waals surface area (Å²) in [6, 6.07) is 13.9. The molecule has 1 aliphatic heterocycles. The zero-order valence-corrected chi connectivity index (χ0v) is 21.0. The molecule has 2 aromatic carbocycles. The van der Waals surface area contributed by atoms with Crippen molar-refractivity contribution in [3.05, 3.63) is 65.0 Å². The summed E-state index contributed by atoms with van der Waals surface area (Å²) in [4.78, 5) is 31.9. The third-order valence-electron chi connectivity index (χ3n) is 6.92. The predicted molar refractivity (Wildman–Crippen MR) is 141 cm³/mol. The Kier molecular flexibility index (Phi) is 6.59. The summed E-state index contributed by atoms with van der Waals surface area (Å²) in [5.41, 5.74) is 7.37. The first-order valence-electron chi connectivity index (χ1n) is 12.5. The lowest BCUT2D eigenvalue weighted by Crippen LogP contribution is -2.22. The summed E-state index contributed by atoms with van der Waals surface area (Å²) >= 11 is 0. The van der Waals surface area contributed by atoms with Gasteiger partial charge in [-0.15, -0.1) is 0 Å². The van der Waals surface area contributed by atoms with Gasteiger partial charge in [-0.2, -0.15) is 5.10 Å². The van der Waals surface area contributed by atoms with Gasteiger partial charge in [-0.3, -0.25) is 9.59 Å². The average molecular weight is 486 g/mol. The number of nitrogens with zero attached hydrogens (tertiary/aromatic N) is 4. The molecule has 1 amide bonds. The van der Waals surface area contributed by atoms with Gasteiger partial charge in [-0.05, 0) is 81.5 Å². The minimum Gasteiger partial charge on any atom is -0.456 e. The van der Waals surface area contributed by atoms with Gasteiger partial charge in [0.05, 0.1) is 5.52 Å². The van der Waals surface area contributed by atoms with E-state index in [0.717, 1.165) is 57.8 Å². The van der Waals surface area contributed by atoms with Crippen molar-refractivity contribution in [3.63, 3.8) is 0 Å². The van der Waals surface area contributed by atoms with Crippen LogP contribution in [0.5, 0.6) is 0 Å². The van der Waals surface area contributed by atoms with E-state index < -0.39 is 5.97 Å². The third-order valence-corrected chi connectivity index (χ3v) is 6.92. The first-order chi connectivity index (χ1) is 17.4. The Morgan fingerprint density at radius 3 is 2.61 bits per heavy atom. The smallest absolute Gasteiger partial charge is 0.306 e. The second-order valence-electron chi connectivity index (χ2n) is 9.42. The number of hydrogen-bond donors (Lipinski definition) is 1. The molecule has 186 valence electrons. The van der Waals surface area contributed by atoms with E-state index in [-0.39, 0.29) is 18.9 Å². The van der Waals surface area contributed by atoms with Crippen molar-refractivity contribution >= 4 is 39.8 Å². The van der Waals surface area contributed by atoms with Gasteiger partial charge >= 0.3 is 5.97 Å². The zero-order chi connectivity index (χ0) is 25.2. The predicted octanol–water partition coefficient (Wildman–Crippen LogP) is 4.52. The second kappa shape index (κ2) is 9.97. The summed E-state index contributed by atoms with van der Waals surface area (Å²) in [6.45, 7) is 7.73. The lowest BCUT2D eigenvalue weighted by molar-refractivity contribution is -0.147. The van der Waals surface area contributed by atoms with E-state index in [0.29, 0.717) is 6.42 Å². The molecule has 0 atom stereocenters.